The van der Waals surface area contributed by atoms with Crippen molar-refractivity contribution in [3.05, 3.63) is 60.4 Å². The Hall–Kier alpha value is -2.41. The van der Waals surface area contributed by atoms with E-state index in [1.807, 2.05) is 6.07 Å². The summed E-state index contributed by atoms with van der Waals surface area (Å²) in [5.74, 6) is -0.283. The summed E-state index contributed by atoms with van der Waals surface area (Å²) in [4.78, 5) is 15.8. The van der Waals surface area contributed by atoms with Crippen LogP contribution in [-0.4, -0.2) is 38.7 Å². The lowest BCUT2D eigenvalue weighted by atomic mass is 10.3. The average Bonchev–Trinajstić information content (AvgIpc) is 2.52. The number of pyridine rings is 1. The SMILES string of the molecule is CS(=O)(=O)N(CCNC(=O)c1cccnc1)c1ccccc1. The molecule has 2 rings (SSSR count). The summed E-state index contributed by atoms with van der Waals surface area (Å²) in [6.45, 7) is 0.366. The molecule has 1 aromatic carbocycles. The van der Waals surface area contributed by atoms with Crippen LogP contribution in [0.2, 0.25) is 0 Å². The summed E-state index contributed by atoms with van der Waals surface area (Å²) >= 11 is 0. The Morgan fingerprint density at radius 1 is 1.18 bits per heavy atom. The molecule has 1 amide bonds. The molecule has 7 heteroatoms. The Morgan fingerprint density at radius 3 is 2.50 bits per heavy atom. The lowest BCUT2D eigenvalue weighted by Gasteiger charge is -2.22. The highest BCUT2D eigenvalue weighted by molar-refractivity contribution is 7.92. The van der Waals surface area contributed by atoms with Crippen molar-refractivity contribution < 1.29 is 13.2 Å². The van der Waals surface area contributed by atoms with Crippen molar-refractivity contribution in [2.45, 2.75) is 0 Å². The molecule has 0 saturated carbocycles. The Morgan fingerprint density at radius 2 is 1.91 bits per heavy atom. The second kappa shape index (κ2) is 7.04. The lowest BCUT2D eigenvalue weighted by molar-refractivity contribution is 0.0954. The number of amides is 1. The number of nitrogens with zero attached hydrogens (tertiary/aromatic N) is 2. The minimum atomic E-state index is -3.41. The fourth-order valence-corrected chi connectivity index (χ4v) is 2.88. The number of carbonyl (C=O) groups excluding carboxylic acids is 1. The molecule has 0 saturated heterocycles. The van der Waals surface area contributed by atoms with E-state index < -0.39 is 10.0 Å². The molecule has 0 aliphatic heterocycles. The molecule has 0 radical (unpaired) electrons. The molecule has 22 heavy (non-hydrogen) atoms. The van der Waals surface area contributed by atoms with Crippen molar-refractivity contribution in [3.63, 3.8) is 0 Å². The number of anilines is 1. The van der Waals surface area contributed by atoms with Gasteiger partial charge in [0.2, 0.25) is 10.0 Å². The van der Waals surface area contributed by atoms with E-state index in [0.29, 0.717) is 11.3 Å². The first-order valence-electron chi connectivity index (χ1n) is 6.69. The predicted octanol–water partition coefficient (Wildman–Crippen LogP) is 1.28. The first kappa shape index (κ1) is 16.0. The van der Waals surface area contributed by atoms with Gasteiger partial charge in [0, 0.05) is 18.9 Å². The number of hydrogen-bond acceptors (Lipinski definition) is 4. The van der Waals surface area contributed by atoms with Gasteiger partial charge in [-0.15, -0.1) is 0 Å². The van der Waals surface area contributed by atoms with E-state index in [-0.39, 0.29) is 19.0 Å². The van der Waals surface area contributed by atoms with Crippen molar-refractivity contribution in [1.29, 1.82) is 0 Å². The third-order valence-corrected chi connectivity index (χ3v) is 4.16. The molecule has 1 N–H and O–H groups in total. The summed E-state index contributed by atoms with van der Waals surface area (Å²) in [5.41, 5.74) is 1.01. The van der Waals surface area contributed by atoms with Gasteiger partial charge in [0.05, 0.1) is 24.1 Å². The number of rotatable bonds is 6. The second-order valence-corrected chi connectivity index (χ2v) is 6.58. The maximum atomic E-state index is 11.9. The molecule has 1 heterocycles. The molecule has 0 fully saturated rings. The van der Waals surface area contributed by atoms with Crippen LogP contribution in [-0.2, 0) is 10.0 Å². The third-order valence-electron chi connectivity index (χ3n) is 2.97. The summed E-state index contributed by atoms with van der Waals surface area (Å²) < 4.78 is 25.0. The summed E-state index contributed by atoms with van der Waals surface area (Å²) in [5, 5.41) is 2.69. The van der Waals surface area contributed by atoms with Crippen molar-refractivity contribution in [2.75, 3.05) is 23.7 Å². The maximum Gasteiger partial charge on any atom is 0.252 e. The van der Waals surface area contributed by atoms with Gasteiger partial charge in [-0.05, 0) is 24.3 Å². The first-order chi connectivity index (χ1) is 10.5. The van der Waals surface area contributed by atoms with Crippen LogP contribution in [0.25, 0.3) is 0 Å². The van der Waals surface area contributed by atoms with E-state index >= 15 is 0 Å². The highest BCUT2D eigenvalue weighted by atomic mass is 32.2. The molecule has 0 atom stereocenters. The highest BCUT2D eigenvalue weighted by Gasteiger charge is 2.17. The van der Waals surface area contributed by atoms with Crippen LogP contribution in [0.15, 0.2) is 54.9 Å². The first-order valence-corrected chi connectivity index (χ1v) is 8.54. The molecule has 0 aliphatic carbocycles. The number of carbonyl (C=O) groups is 1. The fourth-order valence-electron chi connectivity index (χ4n) is 1.95. The number of nitrogens with one attached hydrogen (secondary N) is 1. The van der Waals surface area contributed by atoms with Crippen LogP contribution in [0, 0.1) is 0 Å². The van der Waals surface area contributed by atoms with Crippen LogP contribution in [0.1, 0.15) is 10.4 Å². The molecular weight excluding hydrogens is 302 g/mol. The minimum absolute atomic E-state index is 0.162. The molecule has 0 bridgehead atoms. The van der Waals surface area contributed by atoms with E-state index in [0.717, 1.165) is 6.26 Å². The molecule has 6 nitrogen and oxygen atoms in total. The average molecular weight is 319 g/mol. The Balaban J connectivity index is 2.00. The number of aromatic nitrogens is 1. The van der Waals surface area contributed by atoms with Gasteiger partial charge in [-0.1, -0.05) is 18.2 Å². The molecule has 1 aromatic heterocycles. The Bertz CT molecular complexity index is 718. The van der Waals surface area contributed by atoms with Crippen molar-refractivity contribution in [2.24, 2.45) is 0 Å². The van der Waals surface area contributed by atoms with Gasteiger partial charge < -0.3 is 5.32 Å². The Labute approximate surface area is 129 Å². The molecule has 0 spiro atoms. The minimum Gasteiger partial charge on any atom is -0.350 e. The van der Waals surface area contributed by atoms with E-state index in [1.54, 1.807) is 42.6 Å². The molecule has 0 unspecified atom stereocenters. The zero-order chi connectivity index (χ0) is 16.0. The van der Waals surface area contributed by atoms with Gasteiger partial charge in [-0.3, -0.25) is 14.1 Å². The topological polar surface area (TPSA) is 79.4 Å². The summed E-state index contributed by atoms with van der Waals surface area (Å²) in [7, 11) is -3.41. The zero-order valence-corrected chi connectivity index (χ0v) is 13.0. The lowest BCUT2D eigenvalue weighted by Crippen LogP contribution is -2.38. The van der Waals surface area contributed by atoms with E-state index in [9.17, 15) is 13.2 Å². The van der Waals surface area contributed by atoms with Crippen molar-refractivity contribution in [1.82, 2.24) is 10.3 Å². The van der Waals surface area contributed by atoms with Gasteiger partial charge in [0.15, 0.2) is 0 Å². The van der Waals surface area contributed by atoms with Gasteiger partial charge in [-0.25, -0.2) is 8.42 Å². The molecular formula is C15H17N3O3S. The zero-order valence-electron chi connectivity index (χ0n) is 12.1. The van der Waals surface area contributed by atoms with Crippen LogP contribution in [0.4, 0.5) is 5.69 Å². The van der Waals surface area contributed by atoms with Gasteiger partial charge in [0.1, 0.15) is 0 Å². The van der Waals surface area contributed by atoms with Crippen LogP contribution in [0.5, 0.6) is 0 Å². The van der Waals surface area contributed by atoms with Gasteiger partial charge >= 0.3 is 0 Å². The maximum absolute atomic E-state index is 11.9. The van der Waals surface area contributed by atoms with E-state index in [4.69, 9.17) is 0 Å². The standard InChI is InChI=1S/C15H17N3O3S/c1-22(20,21)18(14-7-3-2-4-8-14)11-10-17-15(19)13-6-5-9-16-12-13/h2-9,12H,10-11H2,1H3,(H,17,19). The summed E-state index contributed by atoms with van der Waals surface area (Å²) in [6, 6.07) is 12.1. The number of benzene rings is 1. The molecule has 2 aromatic rings. The van der Waals surface area contributed by atoms with Gasteiger partial charge in [0.25, 0.3) is 5.91 Å². The number of para-hydroxylation sites is 1. The molecule has 0 aliphatic rings. The smallest absolute Gasteiger partial charge is 0.252 e. The van der Waals surface area contributed by atoms with E-state index in [2.05, 4.69) is 10.3 Å². The third kappa shape index (κ3) is 4.29. The van der Waals surface area contributed by atoms with Crippen LogP contribution in [0.3, 0.4) is 0 Å². The Kier molecular flexibility index (Phi) is 5.11. The highest BCUT2D eigenvalue weighted by Crippen LogP contribution is 2.15. The van der Waals surface area contributed by atoms with Crippen molar-refractivity contribution >= 4 is 21.6 Å². The number of hydrogen-bond donors (Lipinski definition) is 1. The summed E-state index contributed by atoms with van der Waals surface area (Å²) in [6.07, 6.45) is 4.18. The fraction of sp³-hybridized carbons (Fsp3) is 0.200. The monoisotopic (exact) mass is 319 g/mol. The van der Waals surface area contributed by atoms with Gasteiger partial charge in [-0.2, -0.15) is 0 Å². The van der Waals surface area contributed by atoms with E-state index in [1.165, 1.54) is 10.5 Å². The second-order valence-electron chi connectivity index (χ2n) is 4.67. The van der Waals surface area contributed by atoms with Crippen LogP contribution >= 0.6 is 0 Å². The largest absolute Gasteiger partial charge is 0.350 e. The number of sulfonamides is 1. The van der Waals surface area contributed by atoms with Crippen molar-refractivity contribution in [3.8, 4) is 0 Å². The van der Waals surface area contributed by atoms with Crippen LogP contribution < -0.4 is 9.62 Å². The molecule has 116 valence electrons. The normalized spacial score (nSPS) is 11.0. The quantitative estimate of drug-likeness (QED) is 0.870. The predicted molar refractivity (Wildman–Crippen MR) is 85.2 cm³/mol.